The third-order valence-corrected chi connectivity index (χ3v) is 3.93. The summed E-state index contributed by atoms with van der Waals surface area (Å²) in [6, 6.07) is 9.93. The van der Waals surface area contributed by atoms with Gasteiger partial charge < -0.3 is 10.1 Å². The summed E-state index contributed by atoms with van der Waals surface area (Å²) in [7, 11) is 0. The highest BCUT2D eigenvalue weighted by Gasteiger charge is 2.12. The third kappa shape index (κ3) is 4.23. The summed E-state index contributed by atoms with van der Waals surface area (Å²) in [5.74, 6) is 0.808. The summed E-state index contributed by atoms with van der Waals surface area (Å²) >= 11 is 7.71. The summed E-state index contributed by atoms with van der Waals surface area (Å²) in [4.78, 5) is 1.32. The van der Waals surface area contributed by atoms with Crippen molar-refractivity contribution in [1.29, 1.82) is 0 Å². The van der Waals surface area contributed by atoms with Crippen molar-refractivity contribution in [2.75, 3.05) is 13.2 Å². The Bertz CT molecular complexity index is 526. The lowest BCUT2D eigenvalue weighted by Gasteiger charge is -2.17. The van der Waals surface area contributed by atoms with Gasteiger partial charge in [-0.3, -0.25) is 0 Å². The number of aryl methyl sites for hydroxylation is 1. The van der Waals surface area contributed by atoms with Crippen molar-refractivity contribution in [2.45, 2.75) is 19.9 Å². The van der Waals surface area contributed by atoms with Crippen LogP contribution in [0.2, 0.25) is 5.02 Å². The zero-order valence-corrected chi connectivity index (χ0v) is 12.7. The number of benzene rings is 1. The third-order valence-electron chi connectivity index (χ3n) is 2.82. The molecule has 0 bridgehead atoms. The van der Waals surface area contributed by atoms with E-state index in [-0.39, 0.29) is 6.04 Å². The highest BCUT2D eigenvalue weighted by Crippen LogP contribution is 2.23. The topological polar surface area (TPSA) is 21.3 Å². The lowest BCUT2D eigenvalue weighted by atomic mass is 10.1. The van der Waals surface area contributed by atoms with E-state index in [1.54, 1.807) is 11.3 Å². The minimum absolute atomic E-state index is 0.217. The molecule has 2 nitrogen and oxygen atoms in total. The maximum Gasteiger partial charge on any atom is 0.120 e. The summed E-state index contributed by atoms with van der Waals surface area (Å²) in [6.45, 7) is 5.74. The number of hydrogen-bond acceptors (Lipinski definition) is 3. The molecular weight excluding hydrogens is 278 g/mol. The standard InChI is InChI=1S/C15H18ClNOS/c1-3-17-15(12-7-11(2)19-10-12)9-18-14-6-4-5-13(16)8-14/h4-8,10,15,17H,3,9H2,1-2H3. The van der Waals surface area contributed by atoms with Crippen LogP contribution in [0.5, 0.6) is 5.75 Å². The van der Waals surface area contributed by atoms with Crippen LogP contribution in [0.25, 0.3) is 0 Å². The van der Waals surface area contributed by atoms with Crippen LogP contribution in [0.4, 0.5) is 0 Å². The minimum atomic E-state index is 0.217. The van der Waals surface area contributed by atoms with Gasteiger partial charge in [-0.1, -0.05) is 24.6 Å². The summed E-state index contributed by atoms with van der Waals surface area (Å²) < 4.78 is 5.82. The smallest absolute Gasteiger partial charge is 0.120 e. The van der Waals surface area contributed by atoms with Gasteiger partial charge in [0.25, 0.3) is 0 Å². The molecule has 1 unspecified atom stereocenters. The molecule has 4 heteroatoms. The molecule has 1 atom stereocenters. The monoisotopic (exact) mass is 295 g/mol. The van der Waals surface area contributed by atoms with Crippen molar-refractivity contribution in [2.24, 2.45) is 0 Å². The van der Waals surface area contributed by atoms with Crippen LogP contribution < -0.4 is 10.1 Å². The van der Waals surface area contributed by atoms with Gasteiger partial charge >= 0.3 is 0 Å². The Kier molecular flexibility index (Phi) is 5.25. The molecule has 102 valence electrons. The summed E-state index contributed by atoms with van der Waals surface area (Å²) in [6.07, 6.45) is 0. The molecule has 2 rings (SSSR count). The number of ether oxygens (including phenoxy) is 1. The number of rotatable bonds is 6. The predicted octanol–water partition coefficient (Wildman–Crippen LogP) is 4.44. The fraction of sp³-hybridized carbons (Fsp3) is 0.333. The first-order chi connectivity index (χ1) is 9.19. The van der Waals surface area contributed by atoms with Gasteiger partial charge in [0.1, 0.15) is 12.4 Å². The van der Waals surface area contributed by atoms with Crippen LogP contribution in [-0.4, -0.2) is 13.2 Å². The summed E-state index contributed by atoms with van der Waals surface area (Å²) in [5.41, 5.74) is 1.28. The van der Waals surface area contributed by atoms with E-state index in [1.807, 2.05) is 24.3 Å². The van der Waals surface area contributed by atoms with Crippen molar-refractivity contribution in [3.63, 3.8) is 0 Å². The van der Waals surface area contributed by atoms with Gasteiger partial charge in [0, 0.05) is 9.90 Å². The SMILES string of the molecule is CCNC(COc1cccc(Cl)c1)c1csc(C)c1. The zero-order chi connectivity index (χ0) is 13.7. The fourth-order valence-corrected chi connectivity index (χ4v) is 2.84. The normalized spacial score (nSPS) is 12.4. The largest absolute Gasteiger partial charge is 0.492 e. The lowest BCUT2D eigenvalue weighted by molar-refractivity contribution is 0.268. The van der Waals surface area contributed by atoms with E-state index >= 15 is 0 Å². The molecule has 2 aromatic rings. The van der Waals surface area contributed by atoms with Crippen LogP contribution in [0, 0.1) is 6.92 Å². The molecule has 0 fully saturated rings. The van der Waals surface area contributed by atoms with E-state index < -0.39 is 0 Å². The molecule has 0 saturated heterocycles. The van der Waals surface area contributed by atoms with Crippen LogP contribution in [0.1, 0.15) is 23.4 Å². The van der Waals surface area contributed by atoms with Crippen LogP contribution in [0.3, 0.4) is 0 Å². The Hall–Kier alpha value is -1.03. The first kappa shape index (κ1) is 14.4. The van der Waals surface area contributed by atoms with E-state index in [9.17, 15) is 0 Å². The molecule has 0 aliphatic heterocycles. The molecule has 0 aliphatic rings. The number of halogens is 1. The molecule has 0 amide bonds. The van der Waals surface area contributed by atoms with Crippen LogP contribution >= 0.6 is 22.9 Å². The van der Waals surface area contributed by atoms with Crippen molar-refractivity contribution in [1.82, 2.24) is 5.32 Å². The predicted molar refractivity (Wildman–Crippen MR) is 82.4 cm³/mol. The Morgan fingerprint density at radius 3 is 2.84 bits per heavy atom. The zero-order valence-electron chi connectivity index (χ0n) is 11.2. The van der Waals surface area contributed by atoms with E-state index in [1.165, 1.54) is 10.4 Å². The number of hydrogen-bond donors (Lipinski definition) is 1. The van der Waals surface area contributed by atoms with Crippen molar-refractivity contribution >= 4 is 22.9 Å². The van der Waals surface area contributed by atoms with E-state index in [2.05, 4.69) is 30.6 Å². The van der Waals surface area contributed by atoms with Crippen molar-refractivity contribution in [3.05, 3.63) is 51.2 Å². The fourth-order valence-electron chi connectivity index (χ4n) is 1.90. The van der Waals surface area contributed by atoms with E-state index in [0.717, 1.165) is 12.3 Å². The van der Waals surface area contributed by atoms with Crippen LogP contribution in [-0.2, 0) is 0 Å². The Morgan fingerprint density at radius 2 is 2.21 bits per heavy atom. The highest BCUT2D eigenvalue weighted by molar-refractivity contribution is 7.10. The molecule has 1 aromatic heterocycles. The lowest BCUT2D eigenvalue weighted by Crippen LogP contribution is -2.26. The Labute approximate surface area is 123 Å². The highest BCUT2D eigenvalue weighted by atomic mass is 35.5. The molecule has 1 aromatic carbocycles. The maximum atomic E-state index is 5.95. The average molecular weight is 296 g/mol. The Balaban J connectivity index is 2.01. The van der Waals surface area contributed by atoms with E-state index in [0.29, 0.717) is 11.6 Å². The molecule has 0 aliphatic carbocycles. The Morgan fingerprint density at radius 1 is 1.37 bits per heavy atom. The van der Waals surface area contributed by atoms with Crippen LogP contribution in [0.15, 0.2) is 35.7 Å². The minimum Gasteiger partial charge on any atom is -0.492 e. The first-order valence-corrected chi connectivity index (χ1v) is 7.61. The van der Waals surface area contributed by atoms with E-state index in [4.69, 9.17) is 16.3 Å². The van der Waals surface area contributed by atoms with Gasteiger partial charge in [0.05, 0.1) is 6.04 Å². The first-order valence-electron chi connectivity index (χ1n) is 6.36. The van der Waals surface area contributed by atoms with Crippen molar-refractivity contribution < 1.29 is 4.74 Å². The molecule has 0 saturated carbocycles. The molecule has 0 spiro atoms. The van der Waals surface area contributed by atoms with Gasteiger partial charge in [0.15, 0.2) is 0 Å². The second kappa shape index (κ2) is 6.94. The van der Waals surface area contributed by atoms with Gasteiger partial charge in [0.2, 0.25) is 0 Å². The molecule has 1 N–H and O–H groups in total. The van der Waals surface area contributed by atoms with Crippen molar-refractivity contribution in [3.8, 4) is 5.75 Å². The average Bonchev–Trinajstić information content (AvgIpc) is 2.81. The number of nitrogens with one attached hydrogen (secondary N) is 1. The number of likely N-dealkylation sites (N-methyl/N-ethyl adjacent to an activating group) is 1. The van der Waals surface area contributed by atoms with Gasteiger partial charge in [-0.15, -0.1) is 11.3 Å². The molecule has 1 heterocycles. The molecular formula is C15H18ClNOS. The maximum absolute atomic E-state index is 5.95. The van der Waals surface area contributed by atoms with Gasteiger partial charge in [-0.2, -0.15) is 0 Å². The van der Waals surface area contributed by atoms with Gasteiger partial charge in [-0.05, 0) is 48.7 Å². The molecule has 0 radical (unpaired) electrons. The molecule has 19 heavy (non-hydrogen) atoms. The van der Waals surface area contributed by atoms with Gasteiger partial charge in [-0.25, -0.2) is 0 Å². The quantitative estimate of drug-likeness (QED) is 0.851. The summed E-state index contributed by atoms with van der Waals surface area (Å²) in [5, 5.41) is 6.33. The second-order valence-corrected chi connectivity index (χ2v) is 5.92. The number of thiophene rings is 1. The second-order valence-electron chi connectivity index (χ2n) is 4.37.